The minimum atomic E-state index is -4.57. The second-order valence-corrected chi connectivity index (χ2v) is 4.11. The number of amides is 1. The Kier molecular flexibility index (Phi) is 3.89. The van der Waals surface area contributed by atoms with Crippen molar-refractivity contribution in [3.05, 3.63) is 53.1 Å². The Morgan fingerprint density at radius 3 is 2.55 bits per heavy atom. The van der Waals surface area contributed by atoms with Gasteiger partial charge >= 0.3 is 6.18 Å². The standard InChI is InChI=1S/C12H7ClF3N3O/c13-10-6-17-5-9(18-10)11(20)19-8-4-2-1-3-7(8)12(14,15)16/h1-6H,(H,19,20). The molecule has 1 aromatic heterocycles. The number of benzene rings is 1. The molecule has 0 unspecified atom stereocenters. The van der Waals surface area contributed by atoms with Gasteiger partial charge in [0.1, 0.15) is 10.8 Å². The predicted octanol–water partition coefficient (Wildman–Crippen LogP) is 3.40. The van der Waals surface area contributed by atoms with Crippen molar-refractivity contribution in [2.24, 2.45) is 0 Å². The first-order valence-corrected chi connectivity index (χ1v) is 5.71. The zero-order valence-electron chi connectivity index (χ0n) is 9.78. The summed E-state index contributed by atoms with van der Waals surface area (Å²) in [5.74, 6) is -0.823. The van der Waals surface area contributed by atoms with Crippen LogP contribution in [0.15, 0.2) is 36.7 Å². The lowest BCUT2D eigenvalue weighted by molar-refractivity contribution is -0.136. The fourth-order valence-corrected chi connectivity index (χ4v) is 1.62. The van der Waals surface area contributed by atoms with Crippen LogP contribution in [-0.4, -0.2) is 15.9 Å². The lowest BCUT2D eigenvalue weighted by atomic mass is 10.1. The molecule has 1 heterocycles. The molecule has 4 nitrogen and oxygen atoms in total. The minimum Gasteiger partial charge on any atom is -0.320 e. The zero-order valence-corrected chi connectivity index (χ0v) is 10.5. The summed E-state index contributed by atoms with van der Waals surface area (Å²) in [6, 6.07) is 4.64. The maximum atomic E-state index is 12.8. The van der Waals surface area contributed by atoms with Crippen LogP contribution < -0.4 is 5.32 Å². The van der Waals surface area contributed by atoms with E-state index in [1.807, 2.05) is 0 Å². The molecule has 0 spiro atoms. The monoisotopic (exact) mass is 301 g/mol. The lowest BCUT2D eigenvalue weighted by Crippen LogP contribution is -2.17. The Labute approximate surface area is 116 Å². The van der Waals surface area contributed by atoms with Gasteiger partial charge < -0.3 is 5.32 Å². The quantitative estimate of drug-likeness (QED) is 0.925. The molecular formula is C12H7ClF3N3O. The molecule has 20 heavy (non-hydrogen) atoms. The van der Waals surface area contributed by atoms with Gasteiger partial charge in [0.25, 0.3) is 5.91 Å². The van der Waals surface area contributed by atoms with E-state index >= 15 is 0 Å². The van der Waals surface area contributed by atoms with E-state index in [2.05, 4.69) is 15.3 Å². The number of para-hydroxylation sites is 1. The van der Waals surface area contributed by atoms with Crippen molar-refractivity contribution in [1.29, 1.82) is 0 Å². The maximum Gasteiger partial charge on any atom is 0.418 e. The molecule has 1 N–H and O–H groups in total. The van der Waals surface area contributed by atoms with E-state index in [9.17, 15) is 18.0 Å². The Hall–Kier alpha value is -2.15. The van der Waals surface area contributed by atoms with E-state index in [0.717, 1.165) is 18.3 Å². The van der Waals surface area contributed by atoms with Crippen molar-refractivity contribution in [3.8, 4) is 0 Å². The molecule has 0 fully saturated rings. The molecule has 0 aliphatic carbocycles. The van der Waals surface area contributed by atoms with Crippen molar-refractivity contribution in [2.45, 2.75) is 6.18 Å². The van der Waals surface area contributed by atoms with E-state index in [1.165, 1.54) is 18.3 Å². The van der Waals surface area contributed by atoms with Gasteiger partial charge in [0.2, 0.25) is 0 Å². The van der Waals surface area contributed by atoms with Crippen LogP contribution in [0.3, 0.4) is 0 Å². The molecule has 2 aromatic rings. The molecule has 2 rings (SSSR count). The average molecular weight is 302 g/mol. The predicted molar refractivity (Wildman–Crippen MR) is 66.4 cm³/mol. The fraction of sp³-hybridized carbons (Fsp3) is 0.0833. The molecule has 0 saturated heterocycles. The normalized spacial score (nSPS) is 11.2. The van der Waals surface area contributed by atoms with Crippen molar-refractivity contribution < 1.29 is 18.0 Å². The Morgan fingerprint density at radius 1 is 1.20 bits per heavy atom. The van der Waals surface area contributed by atoms with Crippen molar-refractivity contribution in [2.75, 3.05) is 5.32 Å². The number of nitrogens with one attached hydrogen (secondary N) is 1. The highest BCUT2D eigenvalue weighted by atomic mass is 35.5. The first-order valence-electron chi connectivity index (χ1n) is 5.33. The van der Waals surface area contributed by atoms with Crippen LogP contribution in [0.4, 0.5) is 18.9 Å². The average Bonchev–Trinajstić information content (AvgIpc) is 2.38. The summed E-state index contributed by atoms with van der Waals surface area (Å²) in [7, 11) is 0. The van der Waals surface area contributed by atoms with Crippen molar-refractivity contribution >= 4 is 23.2 Å². The topological polar surface area (TPSA) is 54.9 Å². The maximum absolute atomic E-state index is 12.8. The lowest BCUT2D eigenvalue weighted by Gasteiger charge is -2.13. The van der Waals surface area contributed by atoms with E-state index in [0.29, 0.717) is 0 Å². The van der Waals surface area contributed by atoms with Crippen LogP contribution in [0.2, 0.25) is 5.15 Å². The SMILES string of the molecule is O=C(Nc1ccccc1C(F)(F)F)c1cncc(Cl)n1. The third-order valence-electron chi connectivity index (χ3n) is 2.32. The number of rotatable bonds is 2. The van der Waals surface area contributed by atoms with Gasteiger partial charge in [-0.3, -0.25) is 9.78 Å². The van der Waals surface area contributed by atoms with E-state index in [-0.39, 0.29) is 16.5 Å². The second-order valence-electron chi connectivity index (χ2n) is 3.72. The van der Waals surface area contributed by atoms with Gasteiger partial charge in [-0.05, 0) is 12.1 Å². The molecule has 1 amide bonds. The number of carbonyl (C=O) groups is 1. The van der Waals surface area contributed by atoms with Crippen LogP contribution in [0.25, 0.3) is 0 Å². The van der Waals surface area contributed by atoms with Crippen LogP contribution >= 0.6 is 11.6 Å². The Balaban J connectivity index is 2.29. The summed E-state index contributed by atoms with van der Waals surface area (Å²) in [6.07, 6.45) is -2.25. The summed E-state index contributed by atoms with van der Waals surface area (Å²) in [6.45, 7) is 0. The number of hydrogen-bond donors (Lipinski definition) is 1. The highest BCUT2D eigenvalue weighted by molar-refractivity contribution is 6.29. The van der Waals surface area contributed by atoms with Crippen LogP contribution in [0.5, 0.6) is 0 Å². The third-order valence-corrected chi connectivity index (χ3v) is 2.50. The summed E-state index contributed by atoms with van der Waals surface area (Å²) in [5.41, 5.74) is -1.47. The summed E-state index contributed by atoms with van der Waals surface area (Å²) < 4.78 is 38.3. The first-order chi connectivity index (χ1) is 9.38. The van der Waals surface area contributed by atoms with Gasteiger partial charge in [-0.25, -0.2) is 4.98 Å². The van der Waals surface area contributed by atoms with Gasteiger partial charge in [-0.1, -0.05) is 23.7 Å². The fourth-order valence-electron chi connectivity index (χ4n) is 1.48. The highest BCUT2D eigenvalue weighted by Crippen LogP contribution is 2.34. The van der Waals surface area contributed by atoms with Gasteiger partial charge in [-0.2, -0.15) is 13.2 Å². The zero-order chi connectivity index (χ0) is 14.8. The van der Waals surface area contributed by atoms with Gasteiger partial charge in [0.15, 0.2) is 0 Å². The van der Waals surface area contributed by atoms with E-state index < -0.39 is 17.6 Å². The van der Waals surface area contributed by atoms with Gasteiger partial charge in [0.05, 0.1) is 23.6 Å². The Morgan fingerprint density at radius 2 is 1.90 bits per heavy atom. The number of nitrogens with zero attached hydrogens (tertiary/aromatic N) is 2. The highest BCUT2D eigenvalue weighted by Gasteiger charge is 2.33. The summed E-state index contributed by atoms with van der Waals surface area (Å²) >= 11 is 5.56. The molecule has 0 bridgehead atoms. The van der Waals surface area contributed by atoms with Crippen LogP contribution in [0, 0.1) is 0 Å². The van der Waals surface area contributed by atoms with Crippen molar-refractivity contribution in [1.82, 2.24) is 9.97 Å². The van der Waals surface area contributed by atoms with Crippen LogP contribution in [-0.2, 0) is 6.18 Å². The van der Waals surface area contributed by atoms with Gasteiger partial charge in [0, 0.05) is 0 Å². The number of carbonyl (C=O) groups excluding carboxylic acids is 1. The molecule has 0 radical (unpaired) electrons. The largest absolute Gasteiger partial charge is 0.418 e. The summed E-state index contributed by atoms with van der Waals surface area (Å²) in [5, 5.41) is 2.11. The summed E-state index contributed by atoms with van der Waals surface area (Å²) in [4.78, 5) is 19.1. The Bertz CT molecular complexity index is 646. The molecule has 0 aliphatic rings. The van der Waals surface area contributed by atoms with E-state index in [4.69, 9.17) is 11.6 Å². The number of halogens is 4. The van der Waals surface area contributed by atoms with Crippen molar-refractivity contribution in [3.63, 3.8) is 0 Å². The van der Waals surface area contributed by atoms with Crippen LogP contribution in [0.1, 0.15) is 16.1 Å². The van der Waals surface area contributed by atoms with E-state index in [1.54, 1.807) is 0 Å². The number of aromatic nitrogens is 2. The molecule has 0 saturated carbocycles. The number of hydrogen-bond acceptors (Lipinski definition) is 3. The molecule has 104 valence electrons. The number of anilines is 1. The number of alkyl halides is 3. The molecule has 0 aliphatic heterocycles. The molecule has 0 atom stereocenters. The third kappa shape index (κ3) is 3.24. The molecule has 8 heteroatoms. The molecule has 1 aromatic carbocycles. The smallest absolute Gasteiger partial charge is 0.320 e. The molecular weight excluding hydrogens is 295 g/mol. The first kappa shape index (κ1) is 14.3. The second kappa shape index (κ2) is 5.46. The van der Waals surface area contributed by atoms with Gasteiger partial charge in [-0.15, -0.1) is 0 Å². The minimum absolute atomic E-state index is 0.0262.